The fourth-order valence-electron chi connectivity index (χ4n) is 4.31. The summed E-state index contributed by atoms with van der Waals surface area (Å²) in [5.41, 5.74) is 4.84. The molecule has 1 atom stereocenters. The van der Waals surface area contributed by atoms with Crippen LogP contribution < -0.4 is 5.32 Å². The van der Waals surface area contributed by atoms with E-state index in [1.807, 2.05) is 23.1 Å². The van der Waals surface area contributed by atoms with Crippen LogP contribution in [0.4, 0.5) is 0 Å². The zero-order chi connectivity index (χ0) is 22.3. The third-order valence-electron chi connectivity index (χ3n) is 6.05. The highest BCUT2D eigenvalue weighted by molar-refractivity contribution is 7.10. The molecule has 166 valence electrons. The third-order valence-corrected chi connectivity index (χ3v) is 7.05. The Kier molecular flexibility index (Phi) is 7.38. The molecule has 0 bridgehead atoms. The van der Waals surface area contributed by atoms with Gasteiger partial charge in [-0.25, -0.2) is 0 Å². The normalized spacial score (nSPS) is 15.3. The van der Waals surface area contributed by atoms with E-state index in [1.54, 1.807) is 11.3 Å². The number of amides is 2. The van der Waals surface area contributed by atoms with Gasteiger partial charge in [-0.05, 0) is 54.3 Å². The van der Waals surface area contributed by atoms with Gasteiger partial charge in [0.15, 0.2) is 0 Å². The van der Waals surface area contributed by atoms with Crippen molar-refractivity contribution in [2.75, 3.05) is 13.1 Å². The molecule has 0 saturated carbocycles. The van der Waals surface area contributed by atoms with Gasteiger partial charge in [-0.1, -0.05) is 60.2 Å². The lowest BCUT2D eigenvalue weighted by Gasteiger charge is -2.36. The molecule has 3 aromatic rings. The second kappa shape index (κ2) is 10.6. The summed E-state index contributed by atoms with van der Waals surface area (Å²) in [4.78, 5) is 28.8. The Bertz CT molecular complexity index is 1040. The van der Waals surface area contributed by atoms with Gasteiger partial charge in [0.25, 0.3) is 0 Å². The monoisotopic (exact) mass is 446 g/mol. The lowest BCUT2D eigenvalue weighted by Crippen LogP contribution is -2.40. The fourth-order valence-corrected chi connectivity index (χ4v) is 5.21. The molecule has 2 aromatic carbocycles. The maximum absolute atomic E-state index is 13.1. The Morgan fingerprint density at radius 1 is 1.03 bits per heavy atom. The summed E-state index contributed by atoms with van der Waals surface area (Å²) < 4.78 is 0. The number of rotatable bonds is 8. The number of nitrogens with one attached hydrogen (secondary N) is 1. The van der Waals surface area contributed by atoms with Crippen LogP contribution in [0.1, 0.15) is 52.4 Å². The Morgan fingerprint density at radius 3 is 2.59 bits per heavy atom. The van der Waals surface area contributed by atoms with Crippen molar-refractivity contribution in [2.24, 2.45) is 0 Å². The van der Waals surface area contributed by atoms with Gasteiger partial charge in [-0.15, -0.1) is 11.3 Å². The van der Waals surface area contributed by atoms with Gasteiger partial charge in [0.1, 0.15) is 0 Å². The molecular weight excluding hydrogens is 416 g/mol. The van der Waals surface area contributed by atoms with Gasteiger partial charge in [0, 0.05) is 30.8 Å². The van der Waals surface area contributed by atoms with Crippen LogP contribution in [0.15, 0.2) is 66.0 Å². The molecule has 2 amide bonds. The second-order valence-electron chi connectivity index (χ2n) is 8.39. The van der Waals surface area contributed by atoms with E-state index < -0.39 is 0 Å². The summed E-state index contributed by atoms with van der Waals surface area (Å²) >= 11 is 1.77. The van der Waals surface area contributed by atoms with Gasteiger partial charge >= 0.3 is 0 Å². The Hall–Kier alpha value is -2.92. The summed E-state index contributed by atoms with van der Waals surface area (Å²) in [6.45, 7) is 3.40. The molecule has 0 spiro atoms. The molecule has 0 aliphatic carbocycles. The SMILES string of the molecule is Cc1ccc(C2c3ccsc3CCN2C(=O)CCC(=O)NCCCc2ccccc2)cc1. The van der Waals surface area contributed by atoms with E-state index in [9.17, 15) is 9.59 Å². The number of thiophene rings is 1. The minimum atomic E-state index is -0.0629. The zero-order valence-electron chi connectivity index (χ0n) is 18.5. The molecule has 1 aliphatic heterocycles. The first-order valence-electron chi connectivity index (χ1n) is 11.3. The van der Waals surface area contributed by atoms with Crippen LogP contribution in [-0.2, 0) is 22.4 Å². The third kappa shape index (κ3) is 5.46. The highest BCUT2D eigenvalue weighted by Gasteiger charge is 2.32. The van der Waals surface area contributed by atoms with Gasteiger partial charge in [-0.3, -0.25) is 9.59 Å². The number of aryl methyl sites for hydroxylation is 2. The lowest BCUT2D eigenvalue weighted by molar-refractivity contribution is -0.135. The average molecular weight is 447 g/mol. The molecule has 2 heterocycles. The fraction of sp³-hybridized carbons (Fsp3) is 0.333. The zero-order valence-corrected chi connectivity index (χ0v) is 19.4. The topological polar surface area (TPSA) is 49.4 Å². The van der Waals surface area contributed by atoms with Crippen LogP contribution in [0.5, 0.6) is 0 Å². The minimum absolute atomic E-state index is 0.0480. The van der Waals surface area contributed by atoms with Gasteiger partial charge in [0.05, 0.1) is 6.04 Å². The first kappa shape index (κ1) is 22.3. The van der Waals surface area contributed by atoms with E-state index in [4.69, 9.17) is 0 Å². The van der Waals surface area contributed by atoms with Crippen LogP contribution in [0, 0.1) is 6.92 Å². The predicted octanol–water partition coefficient (Wildman–Crippen LogP) is 5.06. The number of nitrogens with zero attached hydrogens (tertiary/aromatic N) is 1. The summed E-state index contributed by atoms with van der Waals surface area (Å²) in [5, 5.41) is 5.08. The van der Waals surface area contributed by atoms with E-state index in [-0.39, 0.29) is 30.7 Å². The predicted molar refractivity (Wildman–Crippen MR) is 130 cm³/mol. The van der Waals surface area contributed by atoms with Crippen molar-refractivity contribution in [2.45, 2.75) is 45.1 Å². The number of fused-ring (bicyclic) bond motifs is 1. The van der Waals surface area contributed by atoms with Crippen LogP contribution in [0.3, 0.4) is 0 Å². The van der Waals surface area contributed by atoms with Crippen LogP contribution >= 0.6 is 11.3 Å². The highest BCUT2D eigenvalue weighted by atomic mass is 32.1. The summed E-state index contributed by atoms with van der Waals surface area (Å²) in [6.07, 6.45) is 3.19. The van der Waals surface area contributed by atoms with Crippen molar-refractivity contribution in [3.05, 3.63) is 93.2 Å². The van der Waals surface area contributed by atoms with Gasteiger partial charge in [0.2, 0.25) is 11.8 Å². The Labute approximate surface area is 194 Å². The lowest BCUT2D eigenvalue weighted by atomic mass is 9.92. The van der Waals surface area contributed by atoms with Crippen molar-refractivity contribution in [1.82, 2.24) is 10.2 Å². The van der Waals surface area contributed by atoms with Crippen molar-refractivity contribution in [1.29, 1.82) is 0 Å². The van der Waals surface area contributed by atoms with Crippen LogP contribution in [-0.4, -0.2) is 29.8 Å². The number of hydrogen-bond donors (Lipinski definition) is 1. The minimum Gasteiger partial charge on any atom is -0.356 e. The van der Waals surface area contributed by atoms with Crippen molar-refractivity contribution in [3.8, 4) is 0 Å². The van der Waals surface area contributed by atoms with E-state index in [0.29, 0.717) is 13.1 Å². The molecule has 0 radical (unpaired) electrons. The molecule has 1 aromatic heterocycles. The second-order valence-corrected chi connectivity index (χ2v) is 9.39. The molecule has 1 aliphatic rings. The first-order valence-corrected chi connectivity index (χ1v) is 12.2. The Morgan fingerprint density at radius 2 is 1.81 bits per heavy atom. The molecule has 4 rings (SSSR count). The largest absolute Gasteiger partial charge is 0.356 e. The number of carbonyl (C=O) groups excluding carboxylic acids is 2. The maximum atomic E-state index is 13.1. The van der Waals surface area contributed by atoms with Crippen molar-refractivity contribution < 1.29 is 9.59 Å². The molecule has 5 heteroatoms. The van der Waals surface area contributed by atoms with Crippen LogP contribution in [0.2, 0.25) is 0 Å². The molecule has 4 nitrogen and oxygen atoms in total. The molecular formula is C27H30N2O2S. The summed E-state index contributed by atoms with van der Waals surface area (Å²) in [7, 11) is 0. The number of carbonyl (C=O) groups is 2. The molecule has 1 N–H and O–H groups in total. The molecule has 32 heavy (non-hydrogen) atoms. The smallest absolute Gasteiger partial charge is 0.223 e. The first-order chi connectivity index (χ1) is 15.6. The number of benzene rings is 2. The highest BCUT2D eigenvalue weighted by Crippen LogP contribution is 2.38. The Balaban J connectivity index is 1.31. The van der Waals surface area contributed by atoms with Crippen molar-refractivity contribution in [3.63, 3.8) is 0 Å². The molecule has 0 fully saturated rings. The van der Waals surface area contributed by atoms with E-state index in [0.717, 1.165) is 24.8 Å². The van der Waals surface area contributed by atoms with Gasteiger partial charge < -0.3 is 10.2 Å². The standard InChI is InChI=1S/C27H30N2O2S/c1-20-9-11-22(12-10-20)27-23-16-19-32-24(23)15-18-29(27)26(31)14-13-25(30)28-17-5-8-21-6-3-2-4-7-21/h2-4,6-7,9-12,16,19,27H,5,8,13-15,17-18H2,1H3,(H,28,30). The van der Waals surface area contributed by atoms with E-state index in [1.165, 1.54) is 21.6 Å². The van der Waals surface area contributed by atoms with E-state index >= 15 is 0 Å². The quantitative estimate of drug-likeness (QED) is 0.492. The molecule has 0 saturated heterocycles. The van der Waals surface area contributed by atoms with E-state index in [2.05, 4.69) is 60.1 Å². The van der Waals surface area contributed by atoms with Gasteiger partial charge in [-0.2, -0.15) is 0 Å². The average Bonchev–Trinajstić information content (AvgIpc) is 3.30. The summed E-state index contributed by atoms with van der Waals surface area (Å²) in [5.74, 6) is -0.00149. The maximum Gasteiger partial charge on any atom is 0.223 e. The summed E-state index contributed by atoms with van der Waals surface area (Å²) in [6, 6.07) is 20.8. The van der Waals surface area contributed by atoms with Crippen molar-refractivity contribution >= 4 is 23.2 Å². The van der Waals surface area contributed by atoms with Crippen LogP contribution in [0.25, 0.3) is 0 Å². The number of hydrogen-bond acceptors (Lipinski definition) is 3. The molecule has 1 unspecified atom stereocenters.